The molecule has 0 aromatic rings. The van der Waals surface area contributed by atoms with Gasteiger partial charge in [0.15, 0.2) is 6.61 Å². The van der Waals surface area contributed by atoms with Crippen molar-refractivity contribution in [2.45, 2.75) is 36.0 Å². The number of hydrogen-bond donors (Lipinski definition) is 0. The van der Waals surface area contributed by atoms with Gasteiger partial charge in [0, 0.05) is 0 Å². The molecule has 0 aliphatic heterocycles. The summed E-state index contributed by atoms with van der Waals surface area (Å²) in [6, 6.07) is 0. The number of carbonyl (C=O) groups is 2. The Bertz CT molecular complexity index is 486. The summed E-state index contributed by atoms with van der Waals surface area (Å²) in [5, 5.41) is 0. The molecule has 0 amide bonds. The van der Waals surface area contributed by atoms with E-state index in [9.17, 15) is 62.3 Å². The van der Waals surface area contributed by atoms with Crippen LogP contribution in [0.2, 0.25) is 0 Å². The van der Waals surface area contributed by atoms with E-state index in [2.05, 4.69) is 4.74 Å². The van der Waals surface area contributed by atoms with E-state index in [0.717, 1.165) is 0 Å². The smallest absolute Gasteiger partial charge is 0.386 e. The minimum Gasteiger partial charge on any atom is -0.460 e. The number of hydrogen-bond acceptors (Lipinski definition) is 3. The molecule has 0 aromatic heterocycles. The molecule has 0 aliphatic rings. The molecule has 0 saturated carbocycles. The van der Waals surface area contributed by atoms with Gasteiger partial charge in [-0.3, -0.25) is 9.59 Å². The Morgan fingerprint density at radius 3 is 1.58 bits per heavy atom. The largest absolute Gasteiger partial charge is 0.460 e. The molecule has 0 aromatic carbocycles. The first-order chi connectivity index (χ1) is 10.4. The summed E-state index contributed by atoms with van der Waals surface area (Å²) in [6.45, 7) is -3.09. The van der Waals surface area contributed by atoms with Crippen LogP contribution in [0.25, 0.3) is 0 Å². The molecule has 0 fully saturated rings. The second-order valence-electron chi connectivity index (χ2n) is 4.05. The van der Waals surface area contributed by atoms with Crippen molar-refractivity contribution in [3.05, 3.63) is 0 Å². The lowest BCUT2D eigenvalue weighted by molar-refractivity contribution is -0.406. The third kappa shape index (κ3) is 2.99. The van der Waals surface area contributed by atoms with E-state index in [0.29, 0.717) is 0 Å². The number of halogens is 12. The number of alkyl halides is 12. The van der Waals surface area contributed by atoms with Crippen molar-refractivity contribution in [3.63, 3.8) is 0 Å². The molecule has 0 atom stereocenters. The van der Waals surface area contributed by atoms with Gasteiger partial charge in [-0.05, 0) is 0 Å². The van der Waals surface area contributed by atoms with Gasteiger partial charge in [0.2, 0.25) is 5.78 Å². The number of carbonyl (C=O) groups excluding carboxylic acids is 2. The van der Waals surface area contributed by atoms with Crippen molar-refractivity contribution in [1.29, 1.82) is 0 Å². The maximum atomic E-state index is 13.0. The van der Waals surface area contributed by atoms with Gasteiger partial charge in [-0.1, -0.05) is 0 Å². The molecule has 142 valence electrons. The molecular formula is C9H4F12O3. The monoisotopic (exact) mass is 388 g/mol. The Morgan fingerprint density at radius 1 is 0.833 bits per heavy atom. The summed E-state index contributed by atoms with van der Waals surface area (Å²) >= 11 is 0. The standard InChI is InChI=1S/C9H4F12O3/c10-4(11)6(14,15)8(18,19)9(20,21)7(16,17)5(12,13)3(23)1-24-2-22/h2,4H,1H2. The fourth-order valence-corrected chi connectivity index (χ4v) is 1.12. The SMILES string of the molecule is O=COCC(=O)C(F)(F)C(F)(F)C(F)(F)C(F)(F)C(F)(F)C(F)F. The molecule has 0 N–H and O–H groups in total. The number of Topliss-reactive ketones (excluding diaryl/α,β-unsaturated/α-hetero) is 1. The lowest BCUT2D eigenvalue weighted by atomic mass is 9.92. The average molecular weight is 388 g/mol. The van der Waals surface area contributed by atoms with Crippen molar-refractivity contribution in [2.24, 2.45) is 0 Å². The molecule has 0 spiro atoms. The van der Waals surface area contributed by atoms with Gasteiger partial charge >= 0.3 is 36.0 Å². The van der Waals surface area contributed by atoms with E-state index in [-0.39, 0.29) is 0 Å². The minimum atomic E-state index is -7.79. The first-order valence-corrected chi connectivity index (χ1v) is 5.18. The van der Waals surface area contributed by atoms with Crippen molar-refractivity contribution < 1.29 is 67.0 Å². The molecule has 0 saturated heterocycles. The van der Waals surface area contributed by atoms with Gasteiger partial charge in [0.25, 0.3) is 6.47 Å². The topological polar surface area (TPSA) is 43.4 Å². The highest BCUT2D eigenvalue weighted by molar-refractivity contribution is 5.88. The first-order valence-electron chi connectivity index (χ1n) is 5.18. The normalized spacial score (nSPS) is 14.7. The predicted octanol–water partition coefficient (Wildman–Crippen LogP) is 3.17. The van der Waals surface area contributed by atoms with Gasteiger partial charge in [0.1, 0.15) is 0 Å². The van der Waals surface area contributed by atoms with Crippen LogP contribution in [0.5, 0.6) is 0 Å². The van der Waals surface area contributed by atoms with Crippen molar-refractivity contribution in [1.82, 2.24) is 0 Å². The van der Waals surface area contributed by atoms with Crippen LogP contribution < -0.4 is 0 Å². The number of ketones is 1. The van der Waals surface area contributed by atoms with Crippen molar-refractivity contribution >= 4 is 12.3 Å². The molecule has 0 unspecified atom stereocenters. The quantitative estimate of drug-likeness (QED) is 0.450. The molecule has 24 heavy (non-hydrogen) atoms. The van der Waals surface area contributed by atoms with E-state index in [1.54, 1.807) is 0 Å². The van der Waals surface area contributed by atoms with Gasteiger partial charge in [0.05, 0.1) is 0 Å². The second kappa shape index (κ2) is 6.31. The van der Waals surface area contributed by atoms with Gasteiger partial charge in [-0.2, -0.15) is 43.9 Å². The fourth-order valence-electron chi connectivity index (χ4n) is 1.12. The van der Waals surface area contributed by atoms with Crippen LogP contribution >= 0.6 is 0 Å². The second-order valence-corrected chi connectivity index (χ2v) is 4.05. The van der Waals surface area contributed by atoms with Crippen molar-refractivity contribution in [2.75, 3.05) is 6.61 Å². The Morgan fingerprint density at radius 2 is 1.25 bits per heavy atom. The first kappa shape index (κ1) is 22.3. The third-order valence-corrected chi connectivity index (χ3v) is 2.51. The molecule has 0 aliphatic carbocycles. The molecule has 0 heterocycles. The Balaban J connectivity index is 6.07. The number of rotatable bonds is 9. The molecule has 3 nitrogen and oxygen atoms in total. The zero-order valence-electron chi connectivity index (χ0n) is 10.6. The maximum Gasteiger partial charge on any atom is 0.386 e. The number of ether oxygens (including phenoxy) is 1. The Kier molecular flexibility index (Phi) is 5.86. The van der Waals surface area contributed by atoms with Crippen LogP contribution in [-0.4, -0.2) is 54.9 Å². The van der Waals surface area contributed by atoms with E-state index in [4.69, 9.17) is 0 Å². The molecular weight excluding hydrogens is 384 g/mol. The van der Waals surface area contributed by atoms with Crippen LogP contribution in [0.15, 0.2) is 0 Å². The van der Waals surface area contributed by atoms with Gasteiger partial charge in [-0.25, -0.2) is 8.78 Å². The van der Waals surface area contributed by atoms with Crippen LogP contribution in [0, 0.1) is 0 Å². The zero-order valence-corrected chi connectivity index (χ0v) is 10.6. The van der Waals surface area contributed by atoms with Gasteiger partial charge in [-0.15, -0.1) is 0 Å². The summed E-state index contributed by atoms with van der Waals surface area (Å²) in [5.74, 6) is -40.3. The highest BCUT2D eigenvalue weighted by Gasteiger charge is 2.88. The summed E-state index contributed by atoms with van der Waals surface area (Å²) in [6.07, 6.45) is -5.63. The van der Waals surface area contributed by atoms with E-state index < -0.39 is 54.9 Å². The fraction of sp³-hybridized carbons (Fsp3) is 0.778. The predicted molar refractivity (Wildman–Crippen MR) is 47.8 cm³/mol. The highest BCUT2D eigenvalue weighted by atomic mass is 19.4. The van der Waals surface area contributed by atoms with E-state index in [1.165, 1.54) is 0 Å². The zero-order chi connectivity index (χ0) is 19.8. The van der Waals surface area contributed by atoms with E-state index in [1.807, 2.05) is 0 Å². The van der Waals surface area contributed by atoms with Crippen LogP contribution in [0.4, 0.5) is 52.7 Å². The Labute approximate surface area is 123 Å². The summed E-state index contributed by atoms with van der Waals surface area (Å²) < 4.78 is 155. The van der Waals surface area contributed by atoms with E-state index >= 15 is 0 Å². The lowest BCUT2D eigenvalue weighted by Gasteiger charge is -2.38. The highest BCUT2D eigenvalue weighted by Crippen LogP contribution is 2.58. The Hall–Kier alpha value is -1.70. The average Bonchev–Trinajstić information content (AvgIpc) is 2.43. The third-order valence-electron chi connectivity index (χ3n) is 2.51. The van der Waals surface area contributed by atoms with Crippen LogP contribution in [0.1, 0.15) is 0 Å². The van der Waals surface area contributed by atoms with Gasteiger partial charge < -0.3 is 4.74 Å². The molecule has 0 bridgehead atoms. The molecule has 0 rings (SSSR count). The van der Waals surface area contributed by atoms with Crippen LogP contribution in [-0.2, 0) is 14.3 Å². The summed E-state index contributed by atoms with van der Waals surface area (Å²) in [7, 11) is 0. The maximum absolute atomic E-state index is 13.0. The lowest BCUT2D eigenvalue weighted by Crippen LogP contribution is -2.70. The molecule has 0 radical (unpaired) electrons. The molecule has 15 heteroatoms. The minimum absolute atomic E-state index is 0.788. The van der Waals surface area contributed by atoms with Crippen molar-refractivity contribution in [3.8, 4) is 0 Å². The summed E-state index contributed by atoms with van der Waals surface area (Å²) in [4.78, 5) is 20.2. The summed E-state index contributed by atoms with van der Waals surface area (Å²) in [5.41, 5.74) is 0. The van der Waals surface area contributed by atoms with Crippen LogP contribution in [0.3, 0.4) is 0 Å².